The van der Waals surface area contributed by atoms with Crippen LogP contribution in [-0.4, -0.2) is 37.4 Å². The monoisotopic (exact) mass is 343 g/mol. The van der Waals surface area contributed by atoms with E-state index in [4.69, 9.17) is 9.26 Å². The number of ether oxygens (including phenoxy) is 1. The lowest BCUT2D eigenvalue weighted by molar-refractivity contribution is 0.0835. The summed E-state index contributed by atoms with van der Waals surface area (Å²) in [6, 6.07) is 3.15. The molecule has 1 aliphatic heterocycles. The summed E-state index contributed by atoms with van der Waals surface area (Å²) in [6.07, 6.45) is 3.49. The Morgan fingerprint density at radius 2 is 2.36 bits per heavy atom. The highest BCUT2D eigenvalue weighted by Gasteiger charge is 2.23. The van der Waals surface area contributed by atoms with Crippen LogP contribution in [0.15, 0.2) is 22.9 Å². The molecular formula is C15H17N7O3. The summed E-state index contributed by atoms with van der Waals surface area (Å²) in [4.78, 5) is 20.6. The lowest BCUT2D eigenvalue weighted by atomic mass is 10.2. The summed E-state index contributed by atoms with van der Waals surface area (Å²) in [5.41, 5.74) is 1.14. The Balaban J connectivity index is 1.37. The van der Waals surface area contributed by atoms with E-state index in [2.05, 4.69) is 30.9 Å². The maximum Gasteiger partial charge on any atom is 0.319 e. The summed E-state index contributed by atoms with van der Waals surface area (Å²) >= 11 is 0. The first kappa shape index (κ1) is 15.5. The third-order valence-electron chi connectivity index (χ3n) is 3.81. The number of urea groups is 1. The third-order valence-corrected chi connectivity index (χ3v) is 3.81. The second-order valence-corrected chi connectivity index (χ2v) is 5.71. The molecule has 3 aromatic rings. The largest absolute Gasteiger partial charge is 0.368 e. The van der Waals surface area contributed by atoms with Crippen LogP contribution < -0.4 is 10.6 Å². The average Bonchev–Trinajstić information content (AvgIpc) is 3.32. The van der Waals surface area contributed by atoms with Crippen molar-refractivity contribution in [3.63, 3.8) is 0 Å². The summed E-state index contributed by atoms with van der Waals surface area (Å²) < 4.78 is 12.3. The first-order chi connectivity index (χ1) is 12.2. The fraction of sp³-hybridized carbons (Fsp3) is 0.400. The number of pyridine rings is 1. The van der Waals surface area contributed by atoms with E-state index >= 15 is 0 Å². The lowest BCUT2D eigenvalue weighted by Gasteiger charge is -2.06. The number of nitrogens with zero attached hydrogens (tertiary/aromatic N) is 5. The third kappa shape index (κ3) is 3.29. The minimum absolute atomic E-state index is 0.135. The van der Waals surface area contributed by atoms with Crippen LogP contribution in [0.2, 0.25) is 0 Å². The van der Waals surface area contributed by atoms with E-state index in [1.165, 1.54) is 0 Å². The number of carbonyl (C=O) groups excluding carboxylic acids is 1. The molecule has 0 saturated carbocycles. The molecule has 1 saturated heterocycles. The minimum Gasteiger partial charge on any atom is -0.368 e. The number of aryl methyl sites for hydroxylation is 1. The van der Waals surface area contributed by atoms with Crippen LogP contribution >= 0.6 is 0 Å². The van der Waals surface area contributed by atoms with Crippen molar-refractivity contribution in [1.29, 1.82) is 0 Å². The highest BCUT2D eigenvalue weighted by atomic mass is 16.5. The summed E-state index contributed by atoms with van der Waals surface area (Å²) in [5, 5.41) is 13.5. The highest BCUT2D eigenvalue weighted by molar-refractivity contribution is 5.92. The van der Waals surface area contributed by atoms with Crippen molar-refractivity contribution in [1.82, 2.24) is 30.1 Å². The number of amides is 2. The Morgan fingerprint density at radius 3 is 3.20 bits per heavy atom. The van der Waals surface area contributed by atoms with Crippen molar-refractivity contribution >= 4 is 17.4 Å². The van der Waals surface area contributed by atoms with Gasteiger partial charge in [0.25, 0.3) is 5.89 Å². The quantitative estimate of drug-likeness (QED) is 0.738. The number of hydrogen-bond donors (Lipinski definition) is 2. The van der Waals surface area contributed by atoms with E-state index < -0.39 is 6.03 Å². The van der Waals surface area contributed by atoms with Gasteiger partial charge < -0.3 is 19.9 Å². The van der Waals surface area contributed by atoms with E-state index in [1.807, 2.05) is 0 Å². The number of rotatable bonds is 4. The number of hydrogen-bond acceptors (Lipinski definition) is 7. The molecule has 0 spiro atoms. The smallest absolute Gasteiger partial charge is 0.319 e. The summed E-state index contributed by atoms with van der Waals surface area (Å²) in [5.74, 6) is 1.48. The number of nitrogens with one attached hydrogen (secondary N) is 2. The minimum atomic E-state index is -0.391. The first-order valence-electron chi connectivity index (χ1n) is 8.00. The van der Waals surface area contributed by atoms with Gasteiger partial charge in [0.15, 0.2) is 11.5 Å². The van der Waals surface area contributed by atoms with E-state index in [9.17, 15) is 4.79 Å². The molecule has 10 heteroatoms. The Kier molecular flexibility index (Phi) is 4.02. The van der Waals surface area contributed by atoms with E-state index in [0.29, 0.717) is 35.5 Å². The normalized spacial score (nSPS) is 17.1. The molecule has 2 N–H and O–H groups in total. The number of carbonyl (C=O) groups is 1. The molecule has 0 bridgehead atoms. The maximum atomic E-state index is 12.1. The zero-order chi connectivity index (χ0) is 17.2. The fourth-order valence-electron chi connectivity index (χ4n) is 2.68. The van der Waals surface area contributed by atoms with Crippen LogP contribution in [0, 0.1) is 6.92 Å². The summed E-state index contributed by atoms with van der Waals surface area (Å²) in [6.45, 7) is 2.65. The van der Waals surface area contributed by atoms with Crippen molar-refractivity contribution in [2.24, 2.45) is 0 Å². The van der Waals surface area contributed by atoms with Crippen molar-refractivity contribution in [3.05, 3.63) is 35.9 Å². The van der Waals surface area contributed by atoms with Gasteiger partial charge in [-0.25, -0.2) is 14.3 Å². The van der Waals surface area contributed by atoms with Gasteiger partial charge >= 0.3 is 6.03 Å². The molecule has 1 aliphatic rings. The Bertz CT molecular complexity index is 898. The van der Waals surface area contributed by atoms with Crippen LogP contribution in [-0.2, 0) is 11.3 Å². The molecule has 10 nitrogen and oxygen atoms in total. The molecule has 4 rings (SSSR count). The van der Waals surface area contributed by atoms with Gasteiger partial charge in [0.05, 0.1) is 12.2 Å². The van der Waals surface area contributed by atoms with Gasteiger partial charge in [-0.1, -0.05) is 5.16 Å². The maximum absolute atomic E-state index is 12.1. The number of aromatic nitrogens is 5. The SMILES string of the molecule is Cc1nc2c(NC(=O)NCc3noc([C@@H]4CCCO4)n3)cccn2n1. The molecule has 25 heavy (non-hydrogen) atoms. The van der Waals surface area contributed by atoms with Crippen LogP contribution in [0.5, 0.6) is 0 Å². The topological polar surface area (TPSA) is 119 Å². The van der Waals surface area contributed by atoms with Crippen LogP contribution in [0.3, 0.4) is 0 Å². The van der Waals surface area contributed by atoms with Crippen LogP contribution in [0.25, 0.3) is 5.65 Å². The molecule has 3 aromatic heterocycles. The Labute approximate surface area is 142 Å². The first-order valence-corrected chi connectivity index (χ1v) is 8.00. The van der Waals surface area contributed by atoms with E-state index in [0.717, 1.165) is 12.8 Å². The summed E-state index contributed by atoms with van der Waals surface area (Å²) in [7, 11) is 0. The van der Waals surface area contributed by atoms with Gasteiger partial charge in [-0.05, 0) is 31.9 Å². The molecule has 0 aliphatic carbocycles. The van der Waals surface area contributed by atoms with Crippen molar-refractivity contribution < 1.29 is 14.1 Å². The molecule has 0 radical (unpaired) electrons. The van der Waals surface area contributed by atoms with Crippen molar-refractivity contribution in [2.75, 3.05) is 11.9 Å². The van der Waals surface area contributed by atoms with Crippen LogP contribution in [0.1, 0.15) is 36.5 Å². The average molecular weight is 343 g/mol. The number of fused-ring (bicyclic) bond motifs is 1. The molecule has 0 aromatic carbocycles. The van der Waals surface area contributed by atoms with Crippen LogP contribution in [0.4, 0.5) is 10.5 Å². The predicted octanol–water partition coefficient (Wildman–Crippen LogP) is 1.59. The van der Waals surface area contributed by atoms with Gasteiger partial charge in [-0.3, -0.25) is 0 Å². The number of anilines is 1. The zero-order valence-corrected chi connectivity index (χ0v) is 13.6. The Morgan fingerprint density at radius 1 is 1.44 bits per heavy atom. The standard InChI is InChI=1S/C15H17N7O3/c1-9-17-13-10(4-2-6-22(13)20-9)18-15(23)16-8-12-19-14(25-21-12)11-5-3-7-24-11/h2,4,6,11H,3,5,7-8H2,1H3,(H2,16,18,23)/t11-/m0/s1. The second kappa shape index (κ2) is 6.48. The van der Waals surface area contributed by atoms with Gasteiger partial charge in [0, 0.05) is 12.8 Å². The van der Waals surface area contributed by atoms with E-state index in [-0.39, 0.29) is 12.6 Å². The van der Waals surface area contributed by atoms with Crippen molar-refractivity contribution in [3.8, 4) is 0 Å². The molecule has 1 atom stereocenters. The van der Waals surface area contributed by atoms with Gasteiger partial charge in [-0.15, -0.1) is 0 Å². The zero-order valence-electron chi connectivity index (χ0n) is 13.6. The van der Waals surface area contributed by atoms with E-state index in [1.54, 1.807) is 29.8 Å². The fourth-order valence-corrected chi connectivity index (χ4v) is 2.68. The van der Waals surface area contributed by atoms with Gasteiger partial charge in [0.1, 0.15) is 11.9 Å². The predicted molar refractivity (Wildman–Crippen MR) is 85.8 cm³/mol. The van der Waals surface area contributed by atoms with Gasteiger partial charge in [0.2, 0.25) is 0 Å². The molecule has 4 heterocycles. The van der Waals surface area contributed by atoms with Crippen molar-refractivity contribution in [2.45, 2.75) is 32.4 Å². The Hall–Kier alpha value is -3.01. The second-order valence-electron chi connectivity index (χ2n) is 5.71. The highest BCUT2D eigenvalue weighted by Crippen LogP contribution is 2.26. The molecule has 1 fully saturated rings. The molecule has 0 unspecified atom stereocenters. The lowest BCUT2D eigenvalue weighted by Crippen LogP contribution is -2.28. The molecular weight excluding hydrogens is 326 g/mol. The molecule has 2 amide bonds. The van der Waals surface area contributed by atoms with Gasteiger partial charge in [-0.2, -0.15) is 10.1 Å². The molecule has 130 valence electrons.